The number of ketones is 1. The van der Waals surface area contributed by atoms with Crippen LogP contribution in [0.4, 0.5) is 0 Å². The van der Waals surface area contributed by atoms with Crippen molar-refractivity contribution >= 4 is 27.7 Å². The zero-order valence-corrected chi connectivity index (χ0v) is 10.0. The summed E-state index contributed by atoms with van der Waals surface area (Å²) in [7, 11) is 0. The molecule has 4 nitrogen and oxygen atoms in total. The Bertz CT molecular complexity index is 839. The van der Waals surface area contributed by atoms with Crippen LogP contribution in [0.5, 0.6) is 0 Å². The van der Waals surface area contributed by atoms with Gasteiger partial charge in [-0.2, -0.15) is 0 Å². The number of hydrogen-bond donors (Lipinski definition) is 1. The quantitative estimate of drug-likeness (QED) is 0.666. The highest BCUT2D eigenvalue weighted by atomic mass is 16.4. The summed E-state index contributed by atoms with van der Waals surface area (Å²) in [5, 5.41) is 1.29. The molecule has 18 heavy (non-hydrogen) atoms. The van der Waals surface area contributed by atoms with Crippen LogP contribution in [0.25, 0.3) is 21.9 Å². The SMILES string of the molecule is CC(=O)c1c(C)[nH]c2c1oc(=O)c1ccccc12. The van der Waals surface area contributed by atoms with Crippen molar-refractivity contribution in [2.75, 3.05) is 0 Å². The second-order valence-electron chi connectivity index (χ2n) is 4.32. The monoisotopic (exact) mass is 241 g/mol. The number of aromatic amines is 1. The number of carbonyl (C=O) groups excluding carboxylic acids is 1. The Hall–Kier alpha value is -2.36. The van der Waals surface area contributed by atoms with Gasteiger partial charge in [-0.15, -0.1) is 0 Å². The van der Waals surface area contributed by atoms with E-state index in [0.29, 0.717) is 22.0 Å². The molecular weight excluding hydrogens is 230 g/mol. The van der Waals surface area contributed by atoms with Crippen molar-refractivity contribution in [3.63, 3.8) is 0 Å². The molecule has 2 heterocycles. The maximum Gasteiger partial charge on any atom is 0.344 e. The van der Waals surface area contributed by atoms with Gasteiger partial charge in [-0.25, -0.2) is 4.79 Å². The molecular formula is C14H11NO3. The average Bonchev–Trinajstić information content (AvgIpc) is 2.66. The van der Waals surface area contributed by atoms with Crippen LogP contribution >= 0.6 is 0 Å². The van der Waals surface area contributed by atoms with Crippen molar-refractivity contribution in [2.45, 2.75) is 13.8 Å². The summed E-state index contributed by atoms with van der Waals surface area (Å²) < 4.78 is 5.28. The third-order valence-electron chi connectivity index (χ3n) is 3.10. The fraction of sp³-hybridized carbons (Fsp3) is 0.143. The van der Waals surface area contributed by atoms with Crippen LogP contribution in [0.3, 0.4) is 0 Å². The Labute approximate surface area is 102 Å². The van der Waals surface area contributed by atoms with E-state index in [2.05, 4.69) is 4.98 Å². The van der Waals surface area contributed by atoms with Gasteiger partial charge in [-0.1, -0.05) is 18.2 Å². The summed E-state index contributed by atoms with van der Waals surface area (Å²) in [6.07, 6.45) is 0. The van der Waals surface area contributed by atoms with Crippen molar-refractivity contribution in [1.29, 1.82) is 0 Å². The molecule has 1 aromatic carbocycles. The molecule has 0 aliphatic heterocycles. The molecule has 0 fully saturated rings. The number of rotatable bonds is 1. The van der Waals surface area contributed by atoms with E-state index < -0.39 is 5.63 Å². The lowest BCUT2D eigenvalue weighted by molar-refractivity contribution is 0.101. The summed E-state index contributed by atoms with van der Waals surface area (Å²) in [6.45, 7) is 3.26. The zero-order chi connectivity index (χ0) is 12.9. The molecule has 0 aliphatic carbocycles. The molecule has 0 aliphatic rings. The van der Waals surface area contributed by atoms with E-state index in [4.69, 9.17) is 4.42 Å². The second-order valence-corrected chi connectivity index (χ2v) is 4.32. The van der Waals surface area contributed by atoms with Crippen LogP contribution in [0.1, 0.15) is 23.0 Å². The predicted octanol–water partition coefficient (Wildman–Crippen LogP) is 2.79. The van der Waals surface area contributed by atoms with Crippen molar-refractivity contribution in [3.8, 4) is 0 Å². The van der Waals surface area contributed by atoms with Gasteiger partial charge in [0.05, 0.1) is 16.5 Å². The molecule has 3 rings (SSSR count). The van der Waals surface area contributed by atoms with Crippen LogP contribution in [0, 0.1) is 6.92 Å². The van der Waals surface area contributed by atoms with Crippen molar-refractivity contribution in [2.24, 2.45) is 0 Å². The standard InChI is InChI=1S/C14H11NO3/c1-7-11(8(2)16)13-12(15-7)9-5-3-4-6-10(9)14(17)18-13/h3-6,15H,1-2H3. The lowest BCUT2D eigenvalue weighted by Gasteiger charge is -1.98. The molecule has 0 unspecified atom stereocenters. The minimum absolute atomic E-state index is 0.114. The Morgan fingerprint density at radius 1 is 1.22 bits per heavy atom. The largest absolute Gasteiger partial charge is 0.420 e. The molecule has 3 aromatic rings. The molecule has 0 saturated heterocycles. The lowest BCUT2D eigenvalue weighted by Crippen LogP contribution is -2.00. The van der Waals surface area contributed by atoms with Gasteiger partial charge in [0.15, 0.2) is 11.4 Å². The topological polar surface area (TPSA) is 63.1 Å². The first-order valence-corrected chi connectivity index (χ1v) is 5.64. The van der Waals surface area contributed by atoms with Gasteiger partial charge in [-0.3, -0.25) is 4.79 Å². The van der Waals surface area contributed by atoms with E-state index >= 15 is 0 Å². The normalized spacial score (nSPS) is 11.2. The molecule has 0 radical (unpaired) electrons. The number of Topliss-reactive ketones (excluding diaryl/α,β-unsaturated/α-hetero) is 1. The van der Waals surface area contributed by atoms with Crippen LogP contribution in [0.15, 0.2) is 33.5 Å². The van der Waals surface area contributed by atoms with E-state index in [-0.39, 0.29) is 5.78 Å². The summed E-state index contributed by atoms with van der Waals surface area (Å²) in [5.41, 5.74) is 1.81. The molecule has 0 saturated carbocycles. The number of nitrogens with one attached hydrogen (secondary N) is 1. The van der Waals surface area contributed by atoms with Gasteiger partial charge in [-0.05, 0) is 19.9 Å². The first-order valence-electron chi connectivity index (χ1n) is 5.64. The number of benzene rings is 1. The van der Waals surface area contributed by atoms with E-state index in [1.165, 1.54) is 6.92 Å². The lowest BCUT2D eigenvalue weighted by atomic mass is 10.1. The van der Waals surface area contributed by atoms with Gasteiger partial charge in [0, 0.05) is 11.1 Å². The number of aromatic nitrogens is 1. The van der Waals surface area contributed by atoms with Gasteiger partial charge < -0.3 is 9.40 Å². The third kappa shape index (κ3) is 1.32. The highest BCUT2D eigenvalue weighted by Gasteiger charge is 2.18. The molecule has 0 spiro atoms. The second kappa shape index (κ2) is 3.57. The van der Waals surface area contributed by atoms with E-state index in [1.807, 2.05) is 12.1 Å². The highest BCUT2D eigenvalue weighted by Crippen LogP contribution is 2.27. The minimum atomic E-state index is -0.417. The van der Waals surface area contributed by atoms with Crippen LogP contribution in [-0.2, 0) is 0 Å². The molecule has 4 heteroatoms. The van der Waals surface area contributed by atoms with Gasteiger partial charge in [0.2, 0.25) is 0 Å². The fourth-order valence-electron chi connectivity index (χ4n) is 2.34. The number of carbonyl (C=O) groups is 1. The Kier molecular flexibility index (Phi) is 2.13. The van der Waals surface area contributed by atoms with Crippen molar-refractivity contribution in [1.82, 2.24) is 4.98 Å². The summed E-state index contributed by atoms with van der Waals surface area (Å²) in [5.74, 6) is -0.114. The van der Waals surface area contributed by atoms with E-state index in [0.717, 1.165) is 11.1 Å². The first kappa shape index (κ1) is 10.8. The van der Waals surface area contributed by atoms with Crippen LogP contribution in [0.2, 0.25) is 0 Å². The molecule has 2 aromatic heterocycles. The summed E-state index contributed by atoms with van der Waals surface area (Å²) in [4.78, 5) is 26.6. The maximum absolute atomic E-state index is 11.9. The summed E-state index contributed by atoms with van der Waals surface area (Å²) in [6, 6.07) is 7.19. The van der Waals surface area contributed by atoms with Crippen LogP contribution in [-0.4, -0.2) is 10.8 Å². The maximum atomic E-state index is 11.9. The fourth-order valence-corrected chi connectivity index (χ4v) is 2.34. The minimum Gasteiger partial charge on any atom is -0.420 e. The average molecular weight is 241 g/mol. The van der Waals surface area contributed by atoms with E-state index in [9.17, 15) is 9.59 Å². The predicted molar refractivity (Wildman–Crippen MR) is 69.1 cm³/mol. The number of fused-ring (bicyclic) bond motifs is 3. The highest BCUT2D eigenvalue weighted by molar-refractivity contribution is 6.12. The number of hydrogen-bond acceptors (Lipinski definition) is 3. The van der Waals surface area contributed by atoms with Crippen molar-refractivity contribution < 1.29 is 9.21 Å². The molecule has 90 valence electrons. The number of aryl methyl sites for hydroxylation is 1. The Morgan fingerprint density at radius 3 is 2.56 bits per heavy atom. The van der Waals surface area contributed by atoms with Gasteiger partial charge in [0.1, 0.15) is 0 Å². The smallest absolute Gasteiger partial charge is 0.344 e. The van der Waals surface area contributed by atoms with Crippen LogP contribution < -0.4 is 5.63 Å². The van der Waals surface area contributed by atoms with Crippen molar-refractivity contribution in [3.05, 3.63) is 45.9 Å². The zero-order valence-electron chi connectivity index (χ0n) is 10.0. The molecule has 0 bridgehead atoms. The molecule has 0 atom stereocenters. The van der Waals surface area contributed by atoms with E-state index in [1.54, 1.807) is 19.1 Å². The first-order chi connectivity index (χ1) is 8.59. The Balaban J connectivity index is 2.63. The molecule has 1 N–H and O–H groups in total. The Morgan fingerprint density at radius 2 is 1.89 bits per heavy atom. The third-order valence-corrected chi connectivity index (χ3v) is 3.10. The van der Waals surface area contributed by atoms with Gasteiger partial charge >= 0.3 is 5.63 Å². The summed E-state index contributed by atoms with van der Waals surface area (Å²) >= 11 is 0. The number of H-pyrrole nitrogens is 1. The molecule has 0 amide bonds. The van der Waals surface area contributed by atoms with Gasteiger partial charge in [0.25, 0.3) is 0 Å².